The van der Waals surface area contributed by atoms with Gasteiger partial charge >= 0.3 is 11.2 Å². The summed E-state index contributed by atoms with van der Waals surface area (Å²) in [5, 5.41) is 0.456. The second-order valence-corrected chi connectivity index (χ2v) is 10.5. The largest absolute Gasteiger partial charge is 0.435 e. The topological polar surface area (TPSA) is 70.7 Å². The highest BCUT2D eigenvalue weighted by Gasteiger charge is 2.38. The number of nitrogens with zero attached hydrogens (tertiary/aromatic N) is 2. The molecule has 0 amide bonds. The first-order valence-corrected chi connectivity index (χ1v) is 12.8. The minimum Gasteiger partial charge on any atom is -0.435 e. The third-order valence-corrected chi connectivity index (χ3v) is 7.37. The zero-order valence-electron chi connectivity index (χ0n) is 17.6. The highest BCUT2D eigenvalue weighted by molar-refractivity contribution is 7.85. The van der Waals surface area contributed by atoms with Crippen molar-refractivity contribution in [3.63, 3.8) is 0 Å². The van der Waals surface area contributed by atoms with E-state index in [2.05, 4.69) is 0 Å². The number of thiazole rings is 1. The Bertz CT molecular complexity index is 1400. The summed E-state index contributed by atoms with van der Waals surface area (Å²) in [6.07, 6.45) is -4.58. The van der Waals surface area contributed by atoms with E-state index in [0.717, 1.165) is 29.5 Å². The summed E-state index contributed by atoms with van der Waals surface area (Å²) in [5.74, 6) is -1.53. The van der Waals surface area contributed by atoms with E-state index in [0.29, 0.717) is 15.2 Å². The van der Waals surface area contributed by atoms with Crippen molar-refractivity contribution < 1.29 is 39.8 Å². The third-order valence-electron chi connectivity index (χ3n) is 5.17. The summed E-state index contributed by atoms with van der Waals surface area (Å²) in [6.45, 7) is 1.82. The minimum atomic E-state index is -4.57. The first-order valence-electron chi connectivity index (χ1n) is 10.0. The van der Waals surface area contributed by atoms with Crippen LogP contribution < -0.4 is 14.2 Å². The second kappa shape index (κ2) is 8.99. The van der Waals surface area contributed by atoms with Crippen molar-refractivity contribution in [1.29, 1.82) is 0 Å². The van der Waals surface area contributed by atoms with Crippen molar-refractivity contribution in [2.45, 2.75) is 26.1 Å². The molecule has 2 heterocycles. The number of ether oxygens (including phenoxy) is 1. The SMILES string of the molecule is CCN1C(=C(F)c2sc3ccc(Cl)cc3[n+]2CCCS(=O)(=O)O)Oc2ccc(C(F)(F)F)cc21. The average Bonchev–Trinajstić information content (AvgIpc) is 3.29. The molecule has 0 fully saturated rings. The van der Waals surface area contributed by atoms with E-state index in [1.807, 2.05) is 0 Å². The highest BCUT2D eigenvalue weighted by Crippen LogP contribution is 2.45. The van der Waals surface area contributed by atoms with Gasteiger partial charge in [0.2, 0.25) is 11.4 Å². The molecule has 0 aliphatic carbocycles. The maximum atomic E-state index is 15.9. The van der Waals surface area contributed by atoms with Crippen molar-refractivity contribution in [3.05, 3.63) is 57.9 Å². The van der Waals surface area contributed by atoms with Crippen LogP contribution in [0.1, 0.15) is 23.9 Å². The second-order valence-electron chi connectivity index (χ2n) is 7.46. The van der Waals surface area contributed by atoms with Crippen LogP contribution in [0.3, 0.4) is 0 Å². The summed E-state index contributed by atoms with van der Waals surface area (Å²) in [4.78, 5) is 1.31. The van der Waals surface area contributed by atoms with Crippen LogP contribution in [0.2, 0.25) is 5.02 Å². The van der Waals surface area contributed by atoms with Gasteiger partial charge in [-0.15, -0.1) is 0 Å². The summed E-state index contributed by atoms with van der Waals surface area (Å²) in [7, 11) is -4.22. The minimum absolute atomic E-state index is 0.00895. The van der Waals surface area contributed by atoms with Crippen LogP contribution in [-0.4, -0.2) is 25.3 Å². The maximum absolute atomic E-state index is 15.9. The van der Waals surface area contributed by atoms with E-state index in [4.69, 9.17) is 20.9 Å². The van der Waals surface area contributed by atoms with Gasteiger partial charge in [0.25, 0.3) is 15.9 Å². The number of anilines is 1. The van der Waals surface area contributed by atoms with Gasteiger partial charge in [-0.3, -0.25) is 4.55 Å². The molecule has 3 aromatic rings. The molecule has 1 aromatic heterocycles. The van der Waals surface area contributed by atoms with Crippen molar-refractivity contribution in [2.75, 3.05) is 17.2 Å². The number of hydrogen-bond acceptors (Lipinski definition) is 5. The molecule has 0 saturated heterocycles. The molecule has 13 heteroatoms. The fraction of sp³-hybridized carbons (Fsp3) is 0.286. The molecule has 0 bridgehead atoms. The highest BCUT2D eigenvalue weighted by atomic mass is 35.5. The number of benzene rings is 2. The van der Waals surface area contributed by atoms with Crippen LogP contribution in [0.4, 0.5) is 23.2 Å². The molecule has 1 N–H and O–H groups in total. The Balaban J connectivity index is 1.81. The Kier molecular flexibility index (Phi) is 6.53. The van der Waals surface area contributed by atoms with Gasteiger partial charge in [0.15, 0.2) is 12.3 Å². The molecule has 0 saturated carbocycles. The summed E-state index contributed by atoms with van der Waals surface area (Å²) in [5.41, 5.74) is -0.257. The Hall–Kier alpha value is -2.41. The maximum Gasteiger partial charge on any atom is 0.416 e. The third kappa shape index (κ3) is 4.85. The quantitative estimate of drug-likeness (QED) is 0.250. The van der Waals surface area contributed by atoms with E-state index >= 15 is 4.39 Å². The lowest BCUT2D eigenvalue weighted by Gasteiger charge is -2.16. The van der Waals surface area contributed by atoms with Crippen LogP contribution >= 0.6 is 22.9 Å². The van der Waals surface area contributed by atoms with E-state index < -0.39 is 33.4 Å². The lowest BCUT2D eigenvalue weighted by molar-refractivity contribution is -0.669. The zero-order chi connectivity index (χ0) is 24.8. The molecular weight excluding hydrogens is 520 g/mol. The van der Waals surface area contributed by atoms with Crippen molar-refractivity contribution in [3.8, 4) is 5.75 Å². The first kappa shape index (κ1) is 24.7. The van der Waals surface area contributed by atoms with E-state index in [-0.39, 0.29) is 41.8 Å². The Morgan fingerprint density at radius 1 is 1.24 bits per heavy atom. The molecule has 0 radical (unpaired) electrons. The molecule has 6 nitrogen and oxygen atoms in total. The van der Waals surface area contributed by atoms with E-state index in [9.17, 15) is 21.6 Å². The molecule has 2 aromatic carbocycles. The Morgan fingerprint density at radius 2 is 1.97 bits per heavy atom. The van der Waals surface area contributed by atoms with Gasteiger partial charge in [-0.2, -0.15) is 30.5 Å². The summed E-state index contributed by atoms with van der Waals surface area (Å²) in [6, 6.07) is 7.82. The number of hydrogen-bond donors (Lipinski definition) is 1. The summed E-state index contributed by atoms with van der Waals surface area (Å²) < 4.78 is 94.6. The number of alkyl halides is 3. The molecule has 0 unspecified atom stereocenters. The number of aryl methyl sites for hydroxylation is 1. The Labute approximate surface area is 201 Å². The van der Waals surface area contributed by atoms with Gasteiger partial charge in [-0.05, 0) is 37.3 Å². The average molecular weight is 538 g/mol. The molecule has 34 heavy (non-hydrogen) atoms. The lowest BCUT2D eigenvalue weighted by atomic mass is 10.1. The molecule has 1 aliphatic rings. The fourth-order valence-electron chi connectivity index (χ4n) is 3.68. The number of halogens is 5. The molecule has 0 spiro atoms. The molecule has 1 aliphatic heterocycles. The van der Waals surface area contributed by atoms with Gasteiger partial charge in [0, 0.05) is 24.1 Å². The lowest BCUT2D eigenvalue weighted by Crippen LogP contribution is -2.37. The number of fused-ring (bicyclic) bond motifs is 2. The van der Waals surface area contributed by atoms with Crippen molar-refractivity contribution in [2.24, 2.45) is 0 Å². The van der Waals surface area contributed by atoms with Gasteiger partial charge in [-0.25, -0.2) is 0 Å². The number of aromatic nitrogens is 1. The molecule has 4 rings (SSSR count). The van der Waals surface area contributed by atoms with Crippen LogP contribution in [0.15, 0.2) is 42.3 Å². The van der Waals surface area contributed by atoms with Crippen LogP contribution in [-0.2, 0) is 22.8 Å². The van der Waals surface area contributed by atoms with Gasteiger partial charge in [0.1, 0.15) is 4.70 Å². The molecular formula is C21H18ClF4N2O4S2+. The summed E-state index contributed by atoms with van der Waals surface area (Å²) >= 11 is 7.15. The normalized spacial score (nSPS) is 15.6. The van der Waals surface area contributed by atoms with E-state index in [1.54, 1.807) is 25.1 Å². The standard InChI is InChI=1S/C21H17ClF4N2O4S2/c1-2-27-14-10-12(21(24,25)26)4-6-16(14)32-19(27)18(23)20-28(8-3-9-34(29,30)31)15-11-13(22)5-7-17(15)33-20/h4-7,10-11H,2-3,8-9H2,1H3/p+1. The smallest absolute Gasteiger partial charge is 0.416 e. The predicted octanol–water partition coefficient (Wildman–Crippen LogP) is 5.65. The first-order chi connectivity index (χ1) is 15.9. The van der Waals surface area contributed by atoms with Crippen molar-refractivity contribution >= 4 is 54.8 Å². The number of rotatable bonds is 6. The predicted molar refractivity (Wildman–Crippen MR) is 121 cm³/mol. The van der Waals surface area contributed by atoms with Crippen LogP contribution in [0.25, 0.3) is 16.0 Å². The molecule has 0 atom stereocenters. The van der Waals surface area contributed by atoms with Crippen LogP contribution in [0, 0.1) is 0 Å². The fourth-order valence-corrected chi connectivity index (χ4v) is 5.43. The zero-order valence-corrected chi connectivity index (χ0v) is 20.0. The van der Waals surface area contributed by atoms with E-state index in [1.165, 1.54) is 9.47 Å². The van der Waals surface area contributed by atoms with Crippen molar-refractivity contribution in [1.82, 2.24) is 0 Å². The van der Waals surface area contributed by atoms with Gasteiger partial charge < -0.3 is 9.64 Å². The van der Waals surface area contributed by atoms with Gasteiger partial charge in [-0.1, -0.05) is 22.9 Å². The van der Waals surface area contributed by atoms with Gasteiger partial charge in [0.05, 0.1) is 17.0 Å². The monoisotopic (exact) mass is 537 g/mol. The molecule has 182 valence electrons. The van der Waals surface area contributed by atoms with Crippen LogP contribution in [0.5, 0.6) is 5.75 Å². The Morgan fingerprint density at radius 3 is 2.62 bits per heavy atom.